The van der Waals surface area contributed by atoms with Gasteiger partial charge in [0.2, 0.25) is 0 Å². The van der Waals surface area contributed by atoms with Gasteiger partial charge in [0.25, 0.3) is 0 Å². The Balaban J connectivity index is 0.000000140. The molecule has 0 saturated carbocycles. The summed E-state index contributed by atoms with van der Waals surface area (Å²) in [4.78, 5) is 23.4. The summed E-state index contributed by atoms with van der Waals surface area (Å²) in [6, 6.07) is 39.0. The molecule has 294 valence electrons. The van der Waals surface area contributed by atoms with E-state index in [-0.39, 0.29) is 30.3 Å². The van der Waals surface area contributed by atoms with Gasteiger partial charge in [-0.25, -0.2) is 9.59 Å². The average molecular weight is 1020 g/mol. The molecule has 12 heteroatoms. The van der Waals surface area contributed by atoms with Crippen molar-refractivity contribution in [2.75, 3.05) is 14.2 Å². The van der Waals surface area contributed by atoms with Crippen LogP contribution in [0.1, 0.15) is 48.4 Å². The largest absolute Gasteiger partial charge is 0.495 e. The molecular formula is C46H38BBr2IO8. The Bertz CT molecular complexity index is 2810. The van der Waals surface area contributed by atoms with E-state index in [0.717, 1.165) is 73.0 Å². The van der Waals surface area contributed by atoms with E-state index in [2.05, 4.69) is 99.0 Å². The molecule has 1 saturated heterocycles. The fourth-order valence-corrected chi connectivity index (χ4v) is 8.04. The number of methoxy groups -OCH3 is 2. The molecule has 6 aromatic carbocycles. The van der Waals surface area contributed by atoms with Gasteiger partial charge in [-0.3, -0.25) is 0 Å². The predicted molar refractivity (Wildman–Crippen MR) is 246 cm³/mol. The number of fused-ring (bicyclic) bond motifs is 6. The molecular weight excluding hydrogens is 978 g/mol. The van der Waals surface area contributed by atoms with Crippen molar-refractivity contribution < 1.29 is 37.2 Å². The number of rotatable bonds is 4. The number of benzene rings is 6. The van der Waals surface area contributed by atoms with E-state index in [9.17, 15) is 9.59 Å². The highest BCUT2D eigenvalue weighted by Gasteiger charge is 2.52. The van der Waals surface area contributed by atoms with E-state index in [1.165, 1.54) is 14.2 Å². The van der Waals surface area contributed by atoms with Gasteiger partial charge in [0, 0.05) is 34.1 Å². The number of esters is 2. The SMILES string of the molecule is CC1(C)OB(c2cccc3oc4ccccc4c23)OC1(C)C.COC(=O)c1cc(Br)ccc1-c1cccc2oc3ccccc3c12.COC(=O)c1cc(Br)ccc1I. The first-order chi connectivity index (χ1) is 27.7. The minimum absolute atomic E-state index is 0.305. The van der Waals surface area contributed by atoms with Gasteiger partial charge in [0.15, 0.2) is 0 Å². The monoisotopic (exact) mass is 1010 g/mol. The van der Waals surface area contributed by atoms with E-state index in [1.807, 2.05) is 97.1 Å². The maximum absolute atomic E-state index is 12.2. The van der Waals surface area contributed by atoms with Crippen LogP contribution in [0.2, 0.25) is 0 Å². The van der Waals surface area contributed by atoms with Crippen LogP contribution in [0.5, 0.6) is 0 Å². The zero-order valence-electron chi connectivity index (χ0n) is 32.5. The maximum atomic E-state index is 12.2. The molecule has 1 aliphatic rings. The molecule has 0 unspecified atom stereocenters. The first-order valence-corrected chi connectivity index (χ1v) is 21.0. The number of hydrogen-bond acceptors (Lipinski definition) is 8. The quantitative estimate of drug-likeness (QED) is 0.0977. The Kier molecular flexibility index (Phi) is 12.2. The predicted octanol–water partition coefficient (Wildman–Crippen LogP) is 12.5. The number of ether oxygens (including phenoxy) is 2. The second-order valence-electron chi connectivity index (χ2n) is 14.5. The van der Waals surface area contributed by atoms with Crippen LogP contribution in [0, 0.1) is 3.57 Å². The van der Waals surface area contributed by atoms with Crippen molar-refractivity contribution in [1.29, 1.82) is 0 Å². The van der Waals surface area contributed by atoms with Crippen LogP contribution >= 0.6 is 54.5 Å². The minimum Gasteiger partial charge on any atom is -0.465 e. The first-order valence-electron chi connectivity index (χ1n) is 18.3. The fourth-order valence-electron chi connectivity index (χ4n) is 6.76. The van der Waals surface area contributed by atoms with Crippen molar-refractivity contribution >= 4 is 123 Å². The second kappa shape index (κ2) is 17.0. The number of halogens is 3. The number of furan rings is 2. The number of carbonyl (C=O) groups excluding carboxylic acids is 2. The Morgan fingerprint density at radius 2 is 1.05 bits per heavy atom. The van der Waals surface area contributed by atoms with Gasteiger partial charge in [-0.1, -0.05) is 98.6 Å². The molecule has 8 nitrogen and oxygen atoms in total. The zero-order chi connectivity index (χ0) is 41.4. The lowest BCUT2D eigenvalue weighted by atomic mass is 9.76. The van der Waals surface area contributed by atoms with Crippen molar-refractivity contribution in [2.24, 2.45) is 0 Å². The summed E-state index contributed by atoms with van der Waals surface area (Å²) >= 11 is 8.80. The molecule has 1 fully saturated rings. The molecule has 8 aromatic rings. The summed E-state index contributed by atoms with van der Waals surface area (Å²) in [7, 11) is 2.38. The Morgan fingerprint density at radius 3 is 1.66 bits per heavy atom. The molecule has 2 aromatic heterocycles. The van der Waals surface area contributed by atoms with Crippen molar-refractivity contribution in [3.8, 4) is 11.1 Å². The lowest BCUT2D eigenvalue weighted by molar-refractivity contribution is 0.00578. The van der Waals surface area contributed by atoms with Crippen molar-refractivity contribution in [3.63, 3.8) is 0 Å². The van der Waals surface area contributed by atoms with Gasteiger partial charge >= 0.3 is 19.1 Å². The van der Waals surface area contributed by atoms with Crippen molar-refractivity contribution in [1.82, 2.24) is 0 Å². The van der Waals surface area contributed by atoms with Crippen molar-refractivity contribution in [3.05, 3.63) is 145 Å². The standard InChI is InChI=1S/C20H13BrO3.C18H19BO3.C8H6BrIO2/c1-23-20(22)16-11-12(21)9-10-13(16)14-6-4-8-18-19(14)15-5-2-3-7-17(15)24-18;1-17(2)18(3,4)22-19(21-17)13-9-7-11-15-16(13)12-8-5-6-10-14(12)20-15;1-12-8(11)6-4-5(9)2-3-7(6)10/h2-11H,1H3;5-11H,1-4H3;2-4H,1H3. The highest BCUT2D eigenvalue weighted by atomic mass is 127. The Labute approximate surface area is 366 Å². The fraction of sp³-hybridized carbons (Fsp3) is 0.174. The molecule has 0 amide bonds. The molecule has 0 N–H and O–H groups in total. The van der Waals surface area contributed by atoms with Crippen LogP contribution in [0.3, 0.4) is 0 Å². The van der Waals surface area contributed by atoms with E-state index in [0.29, 0.717) is 11.1 Å². The average Bonchev–Trinajstić information content (AvgIpc) is 3.86. The van der Waals surface area contributed by atoms with Gasteiger partial charge in [-0.2, -0.15) is 0 Å². The molecule has 58 heavy (non-hydrogen) atoms. The maximum Gasteiger partial charge on any atom is 0.495 e. The van der Waals surface area contributed by atoms with E-state index >= 15 is 0 Å². The molecule has 0 atom stereocenters. The third kappa shape index (κ3) is 8.22. The van der Waals surface area contributed by atoms with Gasteiger partial charge in [-0.05, 0) is 121 Å². The van der Waals surface area contributed by atoms with E-state index in [1.54, 1.807) is 12.1 Å². The van der Waals surface area contributed by atoms with Gasteiger partial charge in [0.1, 0.15) is 22.3 Å². The van der Waals surface area contributed by atoms with Gasteiger partial charge < -0.3 is 27.6 Å². The molecule has 1 aliphatic heterocycles. The lowest BCUT2D eigenvalue weighted by Gasteiger charge is -2.32. The van der Waals surface area contributed by atoms with Crippen LogP contribution in [-0.2, 0) is 18.8 Å². The molecule has 3 heterocycles. The summed E-state index contributed by atoms with van der Waals surface area (Å²) in [5.41, 5.74) is 6.60. The third-order valence-electron chi connectivity index (χ3n) is 10.4. The van der Waals surface area contributed by atoms with Crippen LogP contribution in [0.25, 0.3) is 55.0 Å². The molecule has 0 spiro atoms. The number of para-hydroxylation sites is 2. The Morgan fingerprint density at radius 1 is 0.569 bits per heavy atom. The molecule has 0 bridgehead atoms. The topological polar surface area (TPSA) is 97.3 Å². The third-order valence-corrected chi connectivity index (χ3v) is 12.3. The van der Waals surface area contributed by atoms with Gasteiger partial charge in [0.05, 0.1) is 36.5 Å². The van der Waals surface area contributed by atoms with Crippen LogP contribution < -0.4 is 5.46 Å². The number of hydrogen-bond donors (Lipinski definition) is 0. The van der Waals surface area contributed by atoms with Crippen LogP contribution in [0.4, 0.5) is 0 Å². The summed E-state index contributed by atoms with van der Waals surface area (Å²) in [5.74, 6) is -0.670. The van der Waals surface area contributed by atoms with E-state index < -0.39 is 0 Å². The summed E-state index contributed by atoms with van der Waals surface area (Å²) in [6.07, 6.45) is 0. The summed E-state index contributed by atoms with van der Waals surface area (Å²) in [6.45, 7) is 8.28. The second-order valence-corrected chi connectivity index (χ2v) is 17.5. The van der Waals surface area contributed by atoms with Crippen LogP contribution in [0.15, 0.2) is 139 Å². The summed E-state index contributed by atoms with van der Waals surface area (Å²) < 4.78 is 36.5. The normalized spacial score (nSPS) is 14.2. The smallest absolute Gasteiger partial charge is 0.465 e. The van der Waals surface area contributed by atoms with Crippen molar-refractivity contribution in [2.45, 2.75) is 38.9 Å². The summed E-state index contributed by atoms with van der Waals surface area (Å²) in [5, 5.41) is 4.21. The van der Waals surface area contributed by atoms with Crippen LogP contribution in [-0.4, -0.2) is 44.5 Å². The van der Waals surface area contributed by atoms with Gasteiger partial charge in [-0.15, -0.1) is 0 Å². The number of carbonyl (C=O) groups is 2. The van der Waals surface area contributed by atoms with E-state index in [4.69, 9.17) is 22.9 Å². The first kappa shape index (κ1) is 41.7. The lowest BCUT2D eigenvalue weighted by Crippen LogP contribution is -2.41. The molecule has 0 radical (unpaired) electrons. The Hall–Kier alpha value is -4.47. The highest BCUT2D eigenvalue weighted by Crippen LogP contribution is 2.40. The highest BCUT2D eigenvalue weighted by molar-refractivity contribution is 14.1. The minimum atomic E-state index is -0.380. The zero-order valence-corrected chi connectivity index (χ0v) is 37.9. The molecule has 9 rings (SSSR count). The molecule has 0 aliphatic carbocycles.